The summed E-state index contributed by atoms with van der Waals surface area (Å²) in [6.45, 7) is 5.77. The smallest absolute Gasteiger partial charge is 0.0468 e. The van der Waals surface area contributed by atoms with Crippen LogP contribution < -0.4 is 5.32 Å². The Kier molecular flexibility index (Phi) is 4.68. The lowest BCUT2D eigenvalue weighted by atomic mass is 9.93. The van der Waals surface area contributed by atoms with Crippen LogP contribution in [0.5, 0.6) is 0 Å². The highest BCUT2D eigenvalue weighted by atomic mass is 16.5. The maximum atomic E-state index is 5.31. The summed E-state index contributed by atoms with van der Waals surface area (Å²) in [5, 5.41) is 3.76. The predicted molar refractivity (Wildman–Crippen MR) is 83.0 cm³/mol. The van der Waals surface area contributed by atoms with Crippen LogP contribution in [0.25, 0.3) is 0 Å². The molecule has 1 aliphatic carbocycles. The number of hydrogen-bond acceptors (Lipinski definition) is 3. The molecule has 0 radical (unpaired) electrons. The molecule has 2 aliphatic heterocycles. The van der Waals surface area contributed by atoms with Crippen LogP contribution in [-0.4, -0.2) is 49.8 Å². The molecule has 3 nitrogen and oxygen atoms in total. The van der Waals surface area contributed by atoms with E-state index in [0.29, 0.717) is 5.41 Å². The van der Waals surface area contributed by atoms with E-state index < -0.39 is 0 Å². The first-order valence-corrected chi connectivity index (χ1v) is 8.74. The normalized spacial score (nSPS) is 35.4. The summed E-state index contributed by atoms with van der Waals surface area (Å²) in [7, 11) is 1.84. The fourth-order valence-electron chi connectivity index (χ4n) is 4.42. The summed E-state index contributed by atoms with van der Waals surface area (Å²) in [6.07, 6.45) is 11.1. The molecule has 3 aliphatic rings. The maximum Gasteiger partial charge on any atom is 0.0468 e. The highest BCUT2D eigenvalue weighted by molar-refractivity contribution is 5.03. The lowest BCUT2D eigenvalue weighted by Gasteiger charge is -2.41. The molecule has 0 aromatic rings. The summed E-state index contributed by atoms with van der Waals surface area (Å²) in [4.78, 5) is 2.88. The lowest BCUT2D eigenvalue weighted by molar-refractivity contribution is 0.0790. The van der Waals surface area contributed by atoms with Crippen molar-refractivity contribution in [1.82, 2.24) is 10.2 Å². The number of nitrogens with zero attached hydrogens (tertiary/aromatic N) is 1. The number of fused-ring (bicyclic) bond motifs is 2. The van der Waals surface area contributed by atoms with E-state index in [9.17, 15) is 0 Å². The van der Waals surface area contributed by atoms with Crippen molar-refractivity contribution in [2.45, 2.75) is 76.4 Å². The summed E-state index contributed by atoms with van der Waals surface area (Å²) in [6, 6.07) is 2.52. The minimum atomic E-state index is 0.626. The third-order valence-corrected chi connectivity index (χ3v) is 5.88. The molecular formula is C17H32N2O. The first-order valence-electron chi connectivity index (χ1n) is 8.74. The van der Waals surface area contributed by atoms with E-state index in [-0.39, 0.29) is 0 Å². The van der Waals surface area contributed by atoms with Gasteiger partial charge in [-0.25, -0.2) is 0 Å². The number of nitrogens with one attached hydrogen (secondary N) is 1. The van der Waals surface area contributed by atoms with E-state index in [2.05, 4.69) is 17.1 Å². The predicted octanol–water partition coefficient (Wildman–Crippen LogP) is 2.80. The molecule has 0 spiro atoms. The monoisotopic (exact) mass is 280 g/mol. The average Bonchev–Trinajstić information content (AvgIpc) is 3.18. The van der Waals surface area contributed by atoms with Gasteiger partial charge in [0.25, 0.3) is 0 Å². The molecule has 2 unspecified atom stereocenters. The second kappa shape index (κ2) is 6.33. The largest absolute Gasteiger partial charge is 0.385 e. The van der Waals surface area contributed by atoms with E-state index >= 15 is 0 Å². The molecule has 1 N–H and O–H groups in total. The van der Waals surface area contributed by atoms with Crippen molar-refractivity contribution in [3.8, 4) is 0 Å². The molecule has 0 amide bonds. The van der Waals surface area contributed by atoms with Gasteiger partial charge in [-0.1, -0.05) is 6.92 Å². The summed E-state index contributed by atoms with van der Waals surface area (Å²) in [5.74, 6) is 0. The van der Waals surface area contributed by atoms with Gasteiger partial charge in [0.15, 0.2) is 0 Å². The molecule has 2 saturated heterocycles. The van der Waals surface area contributed by atoms with Crippen LogP contribution >= 0.6 is 0 Å². The van der Waals surface area contributed by atoms with Crippen LogP contribution in [0, 0.1) is 5.41 Å². The van der Waals surface area contributed by atoms with E-state index in [0.717, 1.165) is 24.7 Å². The quantitative estimate of drug-likeness (QED) is 0.740. The van der Waals surface area contributed by atoms with E-state index in [4.69, 9.17) is 4.74 Å². The van der Waals surface area contributed by atoms with Crippen LogP contribution in [0.3, 0.4) is 0 Å². The third kappa shape index (κ3) is 3.20. The first-order chi connectivity index (χ1) is 9.76. The average molecular weight is 280 g/mol. The number of methoxy groups -OCH3 is 1. The summed E-state index contributed by atoms with van der Waals surface area (Å²) >= 11 is 0. The number of piperidine rings is 1. The van der Waals surface area contributed by atoms with Crippen molar-refractivity contribution < 1.29 is 4.74 Å². The Bertz CT molecular complexity index is 302. The Morgan fingerprint density at radius 1 is 1.20 bits per heavy atom. The number of rotatable bonds is 8. The summed E-state index contributed by atoms with van der Waals surface area (Å²) < 4.78 is 5.31. The molecule has 3 heteroatoms. The minimum Gasteiger partial charge on any atom is -0.385 e. The fourth-order valence-corrected chi connectivity index (χ4v) is 4.42. The number of ether oxygens (including phenoxy) is 1. The van der Waals surface area contributed by atoms with Gasteiger partial charge in [-0.3, -0.25) is 4.90 Å². The first kappa shape index (κ1) is 14.8. The summed E-state index contributed by atoms with van der Waals surface area (Å²) in [5.41, 5.74) is 0.626. The highest BCUT2D eigenvalue weighted by Crippen LogP contribution is 2.51. The molecule has 2 atom stereocenters. The van der Waals surface area contributed by atoms with E-state index in [1.807, 2.05) is 7.11 Å². The van der Waals surface area contributed by atoms with Gasteiger partial charge < -0.3 is 10.1 Å². The van der Waals surface area contributed by atoms with Gasteiger partial charge in [0.05, 0.1) is 0 Å². The molecule has 1 saturated carbocycles. The Morgan fingerprint density at radius 3 is 2.45 bits per heavy atom. The highest BCUT2D eigenvalue weighted by Gasteiger charge is 2.48. The van der Waals surface area contributed by atoms with Crippen molar-refractivity contribution >= 4 is 0 Å². The van der Waals surface area contributed by atoms with E-state index in [1.54, 1.807) is 0 Å². The van der Waals surface area contributed by atoms with Gasteiger partial charge in [0.1, 0.15) is 0 Å². The Morgan fingerprint density at radius 2 is 1.90 bits per heavy atom. The number of hydrogen-bond donors (Lipinski definition) is 1. The zero-order chi connectivity index (χ0) is 14.0. The van der Waals surface area contributed by atoms with Crippen LogP contribution in [0.4, 0.5) is 0 Å². The van der Waals surface area contributed by atoms with Crippen molar-refractivity contribution in [2.24, 2.45) is 5.41 Å². The van der Waals surface area contributed by atoms with Crippen molar-refractivity contribution in [3.63, 3.8) is 0 Å². The van der Waals surface area contributed by atoms with E-state index in [1.165, 1.54) is 64.5 Å². The maximum absolute atomic E-state index is 5.31. The van der Waals surface area contributed by atoms with Gasteiger partial charge in [-0.05, 0) is 63.3 Å². The standard InChI is InChI=1S/C17H32N2O/c1-3-9-18-14-11-15-4-5-16(12-14)19(15)13-17(6-7-17)8-10-20-2/h14-16,18H,3-13H2,1-2H3. The lowest BCUT2D eigenvalue weighted by Crippen LogP contribution is -2.50. The topological polar surface area (TPSA) is 24.5 Å². The van der Waals surface area contributed by atoms with Crippen LogP contribution in [0.2, 0.25) is 0 Å². The van der Waals surface area contributed by atoms with Gasteiger partial charge >= 0.3 is 0 Å². The SMILES string of the molecule is CCCNC1CC2CCC(C1)N2CC1(CCOC)CC1. The molecular weight excluding hydrogens is 248 g/mol. The Labute approximate surface area is 124 Å². The van der Waals surface area contributed by atoms with Gasteiger partial charge in [-0.15, -0.1) is 0 Å². The molecule has 3 rings (SSSR count). The third-order valence-electron chi connectivity index (χ3n) is 5.88. The van der Waals surface area contributed by atoms with Crippen LogP contribution in [-0.2, 0) is 4.74 Å². The Balaban J connectivity index is 1.52. The van der Waals surface area contributed by atoms with Crippen molar-refractivity contribution in [2.75, 3.05) is 26.8 Å². The van der Waals surface area contributed by atoms with Gasteiger partial charge in [-0.2, -0.15) is 0 Å². The van der Waals surface area contributed by atoms with Crippen molar-refractivity contribution in [3.05, 3.63) is 0 Å². The molecule has 2 heterocycles. The van der Waals surface area contributed by atoms with Gasteiger partial charge in [0.2, 0.25) is 0 Å². The Hall–Kier alpha value is -0.120. The fraction of sp³-hybridized carbons (Fsp3) is 1.00. The molecule has 0 aromatic heterocycles. The second-order valence-corrected chi connectivity index (χ2v) is 7.42. The second-order valence-electron chi connectivity index (χ2n) is 7.42. The van der Waals surface area contributed by atoms with Crippen LogP contribution in [0.15, 0.2) is 0 Å². The molecule has 3 fully saturated rings. The zero-order valence-corrected chi connectivity index (χ0v) is 13.4. The van der Waals surface area contributed by atoms with Crippen molar-refractivity contribution in [1.29, 1.82) is 0 Å². The molecule has 20 heavy (non-hydrogen) atoms. The molecule has 0 aromatic carbocycles. The minimum absolute atomic E-state index is 0.626. The molecule has 116 valence electrons. The zero-order valence-electron chi connectivity index (χ0n) is 13.4. The van der Waals surface area contributed by atoms with Gasteiger partial charge in [0, 0.05) is 38.4 Å². The molecule has 2 bridgehead atoms. The van der Waals surface area contributed by atoms with Crippen LogP contribution in [0.1, 0.15) is 58.3 Å².